The highest BCUT2D eigenvalue weighted by atomic mass is 35.5. The normalized spacial score (nSPS) is 21.2. The predicted molar refractivity (Wildman–Crippen MR) is 143 cm³/mol. The third-order valence-corrected chi connectivity index (χ3v) is 7.61. The van der Waals surface area contributed by atoms with Crippen molar-refractivity contribution in [2.75, 3.05) is 11.9 Å². The number of aromatic nitrogens is 2. The van der Waals surface area contributed by atoms with Gasteiger partial charge in [0.2, 0.25) is 0 Å². The zero-order chi connectivity index (χ0) is 24.0. The molecule has 1 aromatic carbocycles. The van der Waals surface area contributed by atoms with Gasteiger partial charge in [-0.15, -0.1) is 0 Å². The Labute approximate surface area is 211 Å². The lowest BCUT2D eigenvalue weighted by Crippen LogP contribution is -2.42. The van der Waals surface area contributed by atoms with Crippen LogP contribution in [0.4, 0.5) is 5.69 Å². The summed E-state index contributed by atoms with van der Waals surface area (Å²) in [4.78, 5) is 13.4. The number of hydrogen-bond donors (Lipinski definition) is 1. The molecule has 0 bridgehead atoms. The molecular formula is C27H28ClN5S. The zero-order valence-corrected chi connectivity index (χ0v) is 21.4. The number of fused-ring (bicyclic) bond motifs is 1. The predicted octanol–water partition coefficient (Wildman–Crippen LogP) is 5.93. The van der Waals surface area contributed by atoms with Crippen LogP contribution in [0.3, 0.4) is 0 Å². The van der Waals surface area contributed by atoms with Crippen molar-refractivity contribution in [2.45, 2.75) is 44.9 Å². The summed E-state index contributed by atoms with van der Waals surface area (Å²) in [5.74, 6) is 0. The molecule has 5 rings (SSSR count). The highest BCUT2D eigenvalue weighted by molar-refractivity contribution is 7.80. The van der Waals surface area contributed by atoms with Crippen LogP contribution in [-0.2, 0) is 6.54 Å². The number of allylic oxidation sites excluding steroid dienone is 1. The van der Waals surface area contributed by atoms with Gasteiger partial charge in [-0.25, -0.2) is 0 Å². The number of benzene rings is 1. The van der Waals surface area contributed by atoms with Gasteiger partial charge in [0.25, 0.3) is 0 Å². The molecule has 34 heavy (non-hydrogen) atoms. The Kier molecular flexibility index (Phi) is 5.82. The van der Waals surface area contributed by atoms with E-state index in [-0.39, 0.29) is 17.6 Å². The van der Waals surface area contributed by atoms with E-state index in [4.69, 9.17) is 23.8 Å². The van der Waals surface area contributed by atoms with Gasteiger partial charge >= 0.3 is 0 Å². The first kappa shape index (κ1) is 22.8. The molecule has 0 unspecified atom stereocenters. The molecule has 1 N–H and O–H groups in total. The van der Waals surface area contributed by atoms with Gasteiger partial charge in [-0.2, -0.15) is 0 Å². The van der Waals surface area contributed by atoms with E-state index in [0.717, 1.165) is 27.5 Å². The van der Waals surface area contributed by atoms with Crippen LogP contribution >= 0.6 is 23.8 Å². The minimum atomic E-state index is -0.122. The van der Waals surface area contributed by atoms with Gasteiger partial charge in [0.1, 0.15) is 0 Å². The molecule has 4 heterocycles. The number of halogens is 1. The Hall–Kier alpha value is -2.96. The van der Waals surface area contributed by atoms with E-state index >= 15 is 0 Å². The molecule has 2 aliphatic heterocycles. The second kappa shape index (κ2) is 8.67. The fourth-order valence-corrected chi connectivity index (χ4v) is 5.59. The summed E-state index contributed by atoms with van der Waals surface area (Å²) in [5.41, 5.74) is 6.56. The van der Waals surface area contributed by atoms with Gasteiger partial charge in [-0.05, 0) is 80.0 Å². The fourth-order valence-electron chi connectivity index (χ4n) is 5.02. The van der Waals surface area contributed by atoms with Crippen LogP contribution in [-0.4, -0.2) is 32.6 Å². The second-order valence-electron chi connectivity index (χ2n) is 9.55. The summed E-state index contributed by atoms with van der Waals surface area (Å²) in [6, 6.07) is 14.1. The lowest BCUT2D eigenvalue weighted by Gasteiger charge is -2.41. The van der Waals surface area contributed by atoms with Crippen molar-refractivity contribution in [1.29, 1.82) is 0 Å². The third-order valence-electron chi connectivity index (χ3n) is 6.93. The quantitative estimate of drug-likeness (QED) is 0.458. The van der Waals surface area contributed by atoms with Gasteiger partial charge in [-0.3, -0.25) is 9.97 Å². The molecular weight excluding hydrogens is 462 g/mol. The van der Waals surface area contributed by atoms with E-state index in [1.165, 1.54) is 11.1 Å². The first-order chi connectivity index (χ1) is 16.3. The molecule has 2 atom stereocenters. The molecule has 174 valence electrons. The lowest BCUT2D eigenvalue weighted by molar-refractivity contribution is 0.311. The second-order valence-corrected chi connectivity index (χ2v) is 10.3. The van der Waals surface area contributed by atoms with E-state index in [1.807, 2.05) is 36.7 Å². The number of nitrogens with one attached hydrogen (secondary N) is 1. The monoisotopic (exact) mass is 489 g/mol. The number of likely N-dealkylation sites (N-methyl/N-ethyl adjacent to an activating group) is 1. The molecule has 1 fully saturated rings. The van der Waals surface area contributed by atoms with Crippen LogP contribution in [0, 0.1) is 0 Å². The first-order valence-corrected chi connectivity index (χ1v) is 12.2. The van der Waals surface area contributed by atoms with E-state index in [0.29, 0.717) is 11.7 Å². The SMILES string of the molecule is CC1=CC(C)(C)N(C)c2cc(Cl)c([C@@H]3[C@H](c4ccccn4)NC(=S)N3Cc3cccnc3)cc21. The molecule has 3 aromatic rings. The molecule has 0 radical (unpaired) electrons. The molecule has 1 saturated heterocycles. The summed E-state index contributed by atoms with van der Waals surface area (Å²) < 4.78 is 0. The molecule has 0 aliphatic carbocycles. The largest absolute Gasteiger partial charge is 0.365 e. The van der Waals surface area contributed by atoms with Crippen LogP contribution in [0.25, 0.3) is 5.57 Å². The maximum Gasteiger partial charge on any atom is 0.170 e. The summed E-state index contributed by atoms with van der Waals surface area (Å²) in [5, 5.41) is 4.93. The fraction of sp³-hybridized carbons (Fsp3) is 0.296. The number of anilines is 1. The van der Waals surface area contributed by atoms with Crippen LogP contribution in [0.1, 0.15) is 55.2 Å². The number of rotatable bonds is 4. The molecule has 2 aliphatic rings. The number of hydrogen-bond acceptors (Lipinski definition) is 4. The maximum atomic E-state index is 7.04. The van der Waals surface area contributed by atoms with Gasteiger partial charge in [0.15, 0.2) is 5.11 Å². The van der Waals surface area contributed by atoms with E-state index in [9.17, 15) is 0 Å². The molecule has 2 aromatic heterocycles. The molecule has 0 spiro atoms. The van der Waals surface area contributed by atoms with E-state index in [1.54, 1.807) is 6.20 Å². The van der Waals surface area contributed by atoms with Gasteiger partial charge in [-0.1, -0.05) is 29.8 Å². The van der Waals surface area contributed by atoms with Crippen molar-refractivity contribution in [3.8, 4) is 0 Å². The van der Waals surface area contributed by atoms with E-state index in [2.05, 4.69) is 77.2 Å². The van der Waals surface area contributed by atoms with Crippen LogP contribution in [0.2, 0.25) is 5.02 Å². The molecule has 7 heteroatoms. The van der Waals surface area contributed by atoms with Crippen molar-refractivity contribution in [3.05, 3.63) is 94.5 Å². The van der Waals surface area contributed by atoms with Crippen LogP contribution in [0.5, 0.6) is 0 Å². The summed E-state index contributed by atoms with van der Waals surface area (Å²) in [6.07, 6.45) is 7.80. The third kappa shape index (κ3) is 3.95. The van der Waals surface area contributed by atoms with Gasteiger partial charge in [0.05, 0.1) is 23.3 Å². The van der Waals surface area contributed by atoms with Crippen molar-refractivity contribution in [1.82, 2.24) is 20.2 Å². The van der Waals surface area contributed by atoms with Crippen molar-refractivity contribution in [2.24, 2.45) is 0 Å². The molecule has 0 saturated carbocycles. The highest BCUT2D eigenvalue weighted by Crippen LogP contribution is 2.47. The standard InChI is InChI=1S/C27H28ClN5S/c1-17-14-27(2,3)32(4)23-13-21(28)20(12-19(17)23)25-24(22-9-5-6-11-30-22)31-26(34)33(25)16-18-8-7-10-29-15-18/h5-15,24-25H,16H2,1-4H3,(H,31,34)/t24-,25+/m0/s1. The Bertz CT molecular complexity index is 1260. The summed E-state index contributed by atoms with van der Waals surface area (Å²) in [7, 11) is 2.12. The van der Waals surface area contributed by atoms with E-state index < -0.39 is 0 Å². The average molecular weight is 490 g/mol. The van der Waals surface area contributed by atoms with Gasteiger partial charge in [0, 0.05) is 48.5 Å². The Balaban J connectivity index is 1.64. The van der Waals surface area contributed by atoms with Gasteiger partial charge < -0.3 is 15.1 Å². The maximum absolute atomic E-state index is 7.04. The minimum absolute atomic E-state index is 0.0821. The Morgan fingerprint density at radius 1 is 1.15 bits per heavy atom. The first-order valence-electron chi connectivity index (χ1n) is 11.4. The average Bonchev–Trinajstić information content (AvgIpc) is 3.14. The highest BCUT2D eigenvalue weighted by Gasteiger charge is 2.41. The van der Waals surface area contributed by atoms with Crippen molar-refractivity contribution in [3.63, 3.8) is 0 Å². The van der Waals surface area contributed by atoms with Crippen molar-refractivity contribution < 1.29 is 0 Å². The number of pyridine rings is 2. The van der Waals surface area contributed by atoms with Crippen molar-refractivity contribution >= 4 is 40.2 Å². The Morgan fingerprint density at radius 2 is 1.97 bits per heavy atom. The topological polar surface area (TPSA) is 44.3 Å². The zero-order valence-electron chi connectivity index (χ0n) is 19.8. The lowest BCUT2D eigenvalue weighted by atomic mass is 9.86. The smallest absolute Gasteiger partial charge is 0.170 e. The Morgan fingerprint density at radius 3 is 2.68 bits per heavy atom. The minimum Gasteiger partial charge on any atom is -0.365 e. The summed E-state index contributed by atoms with van der Waals surface area (Å²) >= 11 is 12.9. The number of thiocarbonyl (C=S) groups is 1. The van der Waals surface area contributed by atoms with Crippen LogP contribution in [0.15, 0.2) is 67.1 Å². The summed E-state index contributed by atoms with van der Waals surface area (Å²) in [6.45, 7) is 7.23. The molecule has 0 amide bonds. The number of nitrogens with zero attached hydrogens (tertiary/aromatic N) is 4. The van der Waals surface area contributed by atoms with Crippen LogP contribution < -0.4 is 10.2 Å². The molecule has 5 nitrogen and oxygen atoms in total.